The third kappa shape index (κ3) is 73.0. The van der Waals surface area contributed by atoms with Gasteiger partial charge in [-0.3, -0.25) is 9.59 Å². The number of carbonyl (C=O) groups excluding carboxylic acids is 2. The minimum Gasteiger partial charge on any atom is -0.466 e. The lowest BCUT2D eigenvalue weighted by molar-refractivity contribution is -0.143. The molecular weight excluding hydrogens is 1070 g/mol. The predicted molar refractivity (Wildman–Crippen MR) is 384 cm³/mol. The minimum absolute atomic E-state index is 0.0106. The first-order valence-corrected chi connectivity index (χ1v) is 39.7. The zero-order valence-corrected chi connectivity index (χ0v) is 59.0. The van der Waals surface area contributed by atoms with E-state index in [2.05, 4.69) is 55.6 Å². The summed E-state index contributed by atoms with van der Waals surface area (Å²) in [7, 11) is 0. The number of carbonyl (C=O) groups is 2. The summed E-state index contributed by atoms with van der Waals surface area (Å²) in [4.78, 5) is 24.7. The van der Waals surface area contributed by atoms with E-state index >= 15 is 0 Å². The molecule has 1 amide bonds. The highest BCUT2D eigenvalue weighted by Crippen LogP contribution is 2.20. The summed E-state index contributed by atoms with van der Waals surface area (Å²) >= 11 is 0. The quantitative estimate of drug-likeness (QED) is 0.0320. The SMILES string of the molecule is CCCCCC/C=C\C/C=C\CCCCCCCCCC(=O)OCCCCCCCCCCCCCC/C=C\CCCCCCCCCCCCCCCCC(=O)NC(CO)C(O)CCCCCCCCCCCCCCCCCCCCCCCC. The van der Waals surface area contributed by atoms with Crippen molar-refractivity contribution in [3.63, 3.8) is 0 Å². The summed E-state index contributed by atoms with van der Waals surface area (Å²) in [5.74, 6) is -0.0179. The summed E-state index contributed by atoms with van der Waals surface area (Å²) in [6.07, 6.45) is 99.4. The fourth-order valence-electron chi connectivity index (χ4n) is 12.6. The van der Waals surface area contributed by atoms with Crippen LogP contribution in [0.15, 0.2) is 36.5 Å². The van der Waals surface area contributed by atoms with Crippen LogP contribution in [0.5, 0.6) is 0 Å². The third-order valence-corrected chi connectivity index (χ3v) is 18.7. The van der Waals surface area contributed by atoms with Crippen molar-refractivity contribution >= 4 is 11.9 Å². The molecule has 2 atom stereocenters. The van der Waals surface area contributed by atoms with Gasteiger partial charge in [0, 0.05) is 12.8 Å². The van der Waals surface area contributed by atoms with Gasteiger partial charge in [-0.05, 0) is 83.5 Å². The van der Waals surface area contributed by atoms with E-state index in [-0.39, 0.29) is 18.5 Å². The maximum atomic E-state index is 12.6. The zero-order valence-electron chi connectivity index (χ0n) is 59.0. The van der Waals surface area contributed by atoms with Crippen molar-refractivity contribution in [2.45, 2.75) is 456 Å². The number of esters is 1. The summed E-state index contributed by atoms with van der Waals surface area (Å²) in [5.41, 5.74) is 0. The molecule has 87 heavy (non-hydrogen) atoms. The molecule has 0 aromatic rings. The van der Waals surface area contributed by atoms with Gasteiger partial charge < -0.3 is 20.3 Å². The first kappa shape index (κ1) is 85.1. The van der Waals surface area contributed by atoms with E-state index in [0.717, 1.165) is 51.4 Å². The summed E-state index contributed by atoms with van der Waals surface area (Å²) < 4.78 is 5.51. The van der Waals surface area contributed by atoms with E-state index in [1.807, 2.05) is 0 Å². The Morgan fingerprint density at radius 3 is 0.897 bits per heavy atom. The van der Waals surface area contributed by atoms with Gasteiger partial charge >= 0.3 is 5.97 Å². The number of nitrogens with one attached hydrogen (secondary N) is 1. The Bertz CT molecular complexity index is 1410. The molecule has 0 aromatic heterocycles. The molecule has 0 radical (unpaired) electrons. The standard InChI is InChI=1S/C81H155NO5/c1-3-5-7-9-11-13-15-17-19-21-23-24-35-38-41-45-49-53-57-61-65-69-73-79(84)78(77-83)82-80(85)74-70-66-62-58-54-50-46-42-39-36-33-31-29-27-25-26-28-30-32-34-37-40-44-48-52-56-60-64-68-72-76-87-81(86)75-71-67-63-59-55-51-47-43-22-20-18-16-14-12-10-8-6-4-2/h14,16,20,22,26,28,78-79,83-84H,3-13,15,17-19,21,23-25,27,29-77H2,1-2H3,(H,82,85)/b16-14-,22-20-,28-26-. The fourth-order valence-corrected chi connectivity index (χ4v) is 12.6. The van der Waals surface area contributed by atoms with Gasteiger partial charge in [-0.25, -0.2) is 0 Å². The zero-order chi connectivity index (χ0) is 62.8. The Hall–Kier alpha value is -1.92. The van der Waals surface area contributed by atoms with Gasteiger partial charge in [0.25, 0.3) is 0 Å². The molecule has 0 rings (SSSR count). The van der Waals surface area contributed by atoms with Crippen LogP contribution in [0.2, 0.25) is 0 Å². The summed E-state index contributed by atoms with van der Waals surface area (Å²) in [5, 5.41) is 23.5. The Kier molecular flexibility index (Phi) is 74.8. The van der Waals surface area contributed by atoms with Crippen LogP contribution < -0.4 is 5.32 Å². The first-order chi connectivity index (χ1) is 43.0. The average Bonchev–Trinajstić information content (AvgIpc) is 3.52. The van der Waals surface area contributed by atoms with Crippen molar-refractivity contribution in [1.82, 2.24) is 5.32 Å². The van der Waals surface area contributed by atoms with Gasteiger partial charge in [-0.15, -0.1) is 0 Å². The van der Waals surface area contributed by atoms with E-state index in [1.165, 1.54) is 360 Å². The molecule has 6 nitrogen and oxygen atoms in total. The van der Waals surface area contributed by atoms with Crippen LogP contribution in [0.25, 0.3) is 0 Å². The number of aliphatic hydroxyl groups is 2. The van der Waals surface area contributed by atoms with Crippen LogP contribution in [-0.4, -0.2) is 47.4 Å². The molecule has 0 heterocycles. The monoisotopic (exact) mass is 1220 g/mol. The number of hydrogen-bond acceptors (Lipinski definition) is 5. The van der Waals surface area contributed by atoms with Crippen molar-refractivity contribution in [2.75, 3.05) is 13.2 Å². The van der Waals surface area contributed by atoms with Crippen LogP contribution in [0.4, 0.5) is 0 Å². The van der Waals surface area contributed by atoms with Crippen molar-refractivity contribution in [3.8, 4) is 0 Å². The number of hydrogen-bond donors (Lipinski definition) is 3. The second-order valence-corrected chi connectivity index (χ2v) is 27.4. The highest BCUT2D eigenvalue weighted by Gasteiger charge is 2.20. The number of amides is 1. The fraction of sp³-hybridized carbons (Fsp3) is 0.901. The molecule has 2 unspecified atom stereocenters. The van der Waals surface area contributed by atoms with E-state index in [1.54, 1.807) is 0 Å². The molecule has 0 saturated carbocycles. The Morgan fingerprint density at radius 2 is 0.575 bits per heavy atom. The Labute approximate surface area is 544 Å². The van der Waals surface area contributed by atoms with Crippen LogP contribution in [0, 0.1) is 0 Å². The highest BCUT2D eigenvalue weighted by molar-refractivity contribution is 5.76. The number of rotatable bonds is 75. The summed E-state index contributed by atoms with van der Waals surface area (Å²) in [6, 6.07) is -0.542. The molecule has 6 heteroatoms. The summed E-state index contributed by atoms with van der Waals surface area (Å²) in [6.45, 7) is 4.98. The van der Waals surface area contributed by atoms with Crippen LogP contribution in [0.3, 0.4) is 0 Å². The maximum absolute atomic E-state index is 12.6. The van der Waals surface area contributed by atoms with E-state index in [9.17, 15) is 19.8 Å². The van der Waals surface area contributed by atoms with Crippen molar-refractivity contribution in [3.05, 3.63) is 36.5 Å². The molecule has 0 bridgehead atoms. The molecule has 0 aliphatic rings. The first-order valence-electron chi connectivity index (χ1n) is 39.7. The highest BCUT2D eigenvalue weighted by atomic mass is 16.5. The lowest BCUT2D eigenvalue weighted by Crippen LogP contribution is -2.45. The number of allylic oxidation sites excluding steroid dienone is 6. The Balaban J connectivity index is 3.37. The van der Waals surface area contributed by atoms with Crippen LogP contribution in [-0.2, 0) is 14.3 Å². The number of ether oxygens (including phenoxy) is 1. The second-order valence-electron chi connectivity index (χ2n) is 27.4. The predicted octanol–water partition coefficient (Wildman–Crippen LogP) is 26.2. The molecule has 514 valence electrons. The van der Waals surface area contributed by atoms with E-state index in [4.69, 9.17) is 4.74 Å². The molecular formula is C81H155NO5. The lowest BCUT2D eigenvalue weighted by atomic mass is 10.0. The average molecular weight is 1220 g/mol. The van der Waals surface area contributed by atoms with Crippen molar-refractivity contribution in [1.29, 1.82) is 0 Å². The molecule has 0 aliphatic heterocycles. The van der Waals surface area contributed by atoms with Gasteiger partial charge in [-0.2, -0.15) is 0 Å². The molecule has 0 aromatic carbocycles. The van der Waals surface area contributed by atoms with Crippen LogP contribution >= 0.6 is 0 Å². The van der Waals surface area contributed by atoms with Crippen LogP contribution in [0.1, 0.15) is 444 Å². The molecule has 0 fully saturated rings. The Morgan fingerprint density at radius 1 is 0.322 bits per heavy atom. The lowest BCUT2D eigenvalue weighted by Gasteiger charge is -2.22. The van der Waals surface area contributed by atoms with Gasteiger partial charge in [0.2, 0.25) is 5.91 Å². The van der Waals surface area contributed by atoms with Gasteiger partial charge in [0.15, 0.2) is 0 Å². The molecule has 0 spiro atoms. The van der Waals surface area contributed by atoms with E-state index in [0.29, 0.717) is 25.9 Å². The normalized spacial score (nSPS) is 12.6. The number of unbranched alkanes of at least 4 members (excludes halogenated alkanes) is 58. The van der Waals surface area contributed by atoms with Gasteiger partial charge in [-0.1, -0.05) is 384 Å². The largest absolute Gasteiger partial charge is 0.466 e. The molecule has 0 saturated heterocycles. The molecule has 0 aliphatic carbocycles. The maximum Gasteiger partial charge on any atom is 0.305 e. The topological polar surface area (TPSA) is 95.9 Å². The minimum atomic E-state index is -0.665. The van der Waals surface area contributed by atoms with Crippen molar-refractivity contribution in [2.24, 2.45) is 0 Å². The second kappa shape index (κ2) is 76.5. The smallest absolute Gasteiger partial charge is 0.305 e. The third-order valence-electron chi connectivity index (χ3n) is 18.7. The van der Waals surface area contributed by atoms with Gasteiger partial charge in [0.05, 0.1) is 25.4 Å². The van der Waals surface area contributed by atoms with E-state index < -0.39 is 12.1 Å². The number of aliphatic hydroxyl groups excluding tert-OH is 2. The van der Waals surface area contributed by atoms with Gasteiger partial charge in [0.1, 0.15) is 0 Å². The van der Waals surface area contributed by atoms with Crippen molar-refractivity contribution < 1.29 is 24.5 Å². The molecule has 3 N–H and O–H groups in total.